The zero-order valence-electron chi connectivity index (χ0n) is 20.1. The van der Waals surface area contributed by atoms with E-state index in [2.05, 4.69) is 27.3 Å². The Hall–Kier alpha value is -3.14. The Balaban J connectivity index is 2.48. The Morgan fingerprint density at radius 2 is 2.06 bits per heavy atom. The summed E-state index contributed by atoms with van der Waals surface area (Å²) < 4.78 is 7.39. The van der Waals surface area contributed by atoms with E-state index < -0.39 is 0 Å². The molecule has 0 atom stereocenters. The van der Waals surface area contributed by atoms with E-state index in [1.54, 1.807) is 29.9 Å². The summed E-state index contributed by atoms with van der Waals surface area (Å²) in [5.41, 5.74) is 7.97. The molecule has 3 N–H and O–H groups in total. The summed E-state index contributed by atoms with van der Waals surface area (Å²) in [4.78, 5) is 25.2. The highest BCUT2D eigenvalue weighted by molar-refractivity contribution is 5.86. The third-order valence-corrected chi connectivity index (χ3v) is 5.00. The van der Waals surface area contributed by atoms with Crippen molar-refractivity contribution in [3.8, 4) is 0 Å². The van der Waals surface area contributed by atoms with Crippen LogP contribution in [0.25, 0.3) is 11.0 Å². The van der Waals surface area contributed by atoms with E-state index >= 15 is 0 Å². The molecular weight excluding hydrogens is 408 g/mol. The van der Waals surface area contributed by atoms with Crippen LogP contribution in [0.1, 0.15) is 33.1 Å². The highest BCUT2D eigenvalue weighted by atomic mass is 16.5. The van der Waals surface area contributed by atoms with E-state index in [1.807, 2.05) is 38.1 Å². The lowest BCUT2D eigenvalue weighted by molar-refractivity contribution is -0.128. The molecular formula is C22H36N8O2. The van der Waals surface area contributed by atoms with Crippen LogP contribution < -0.4 is 11.1 Å². The first-order valence-electron chi connectivity index (χ1n) is 10.9. The van der Waals surface area contributed by atoms with Crippen LogP contribution in [0.4, 0.5) is 11.8 Å². The molecule has 0 bridgehead atoms. The van der Waals surface area contributed by atoms with Crippen molar-refractivity contribution < 1.29 is 9.53 Å². The molecule has 2 rings (SSSR count). The standard InChI is InChI=1S/C22H36N8O2/c1-7-9-12-24-21-20-16(26-22(23)27-21)14-25-30(20)15-17(18(32-6)10-8-2)29(5)19(31)11-13-28(3)4/h8,10,14H,7,9,11-13,15H2,1-6H3,(H3,23,24,26,27)/b10-8-,18-17+. The SMILES string of the molecule is C/C=C\C(OC)=C(\Cn1ncc2nc(N)nc(NCCCC)c21)N(C)C(=O)CCN(C)C. The smallest absolute Gasteiger partial charge is 0.227 e. The fraction of sp³-hybridized carbons (Fsp3) is 0.545. The molecule has 0 aliphatic heterocycles. The minimum atomic E-state index is -0.00833. The number of aromatic nitrogens is 4. The van der Waals surface area contributed by atoms with E-state index in [0.717, 1.165) is 24.9 Å². The Kier molecular flexibility index (Phi) is 9.45. The van der Waals surface area contributed by atoms with Crippen LogP contribution in [0.5, 0.6) is 0 Å². The number of nitrogens with zero attached hydrogens (tertiary/aromatic N) is 6. The number of fused-ring (bicyclic) bond motifs is 1. The highest BCUT2D eigenvalue weighted by Crippen LogP contribution is 2.24. The maximum atomic E-state index is 12.9. The van der Waals surface area contributed by atoms with Crippen LogP contribution in [0.3, 0.4) is 0 Å². The Labute approximate surface area is 190 Å². The van der Waals surface area contributed by atoms with Crippen molar-refractivity contribution in [1.29, 1.82) is 0 Å². The monoisotopic (exact) mass is 444 g/mol. The van der Waals surface area contributed by atoms with Gasteiger partial charge in [-0.25, -0.2) is 4.98 Å². The molecule has 32 heavy (non-hydrogen) atoms. The third-order valence-electron chi connectivity index (χ3n) is 5.00. The molecule has 176 valence electrons. The number of nitrogens with two attached hydrogens (primary N) is 1. The summed E-state index contributed by atoms with van der Waals surface area (Å²) in [7, 11) is 7.24. The number of ether oxygens (including phenoxy) is 1. The van der Waals surface area contributed by atoms with E-state index in [9.17, 15) is 4.79 Å². The van der Waals surface area contributed by atoms with E-state index in [-0.39, 0.29) is 11.9 Å². The summed E-state index contributed by atoms with van der Waals surface area (Å²) in [5, 5.41) is 7.86. The molecule has 2 heterocycles. The van der Waals surface area contributed by atoms with Gasteiger partial charge in [-0.15, -0.1) is 0 Å². The lowest BCUT2D eigenvalue weighted by atomic mass is 10.2. The second-order valence-electron chi connectivity index (χ2n) is 7.77. The van der Waals surface area contributed by atoms with Gasteiger partial charge in [-0.05, 0) is 33.5 Å². The number of rotatable bonds is 12. The van der Waals surface area contributed by atoms with Gasteiger partial charge in [0.05, 0.1) is 25.5 Å². The predicted octanol–water partition coefficient (Wildman–Crippen LogP) is 2.46. The molecule has 0 aliphatic carbocycles. The fourth-order valence-corrected chi connectivity index (χ4v) is 3.21. The first kappa shape index (κ1) is 25.1. The summed E-state index contributed by atoms with van der Waals surface area (Å²) in [6, 6.07) is 0. The largest absolute Gasteiger partial charge is 0.495 e. The van der Waals surface area contributed by atoms with Crippen LogP contribution in [0.2, 0.25) is 0 Å². The highest BCUT2D eigenvalue weighted by Gasteiger charge is 2.21. The van der Waals surface area contributed by atoms with Crippen LogP contribution in [-0.2, 0) is 16.1 Å². The van der Waals surface area contributed by atoms with Crippen molar-refractivity contribution in [2.45, 2.75) is 39.7 Å². The molecule has 0 radical (unpaired) electrons. The van der Waals surface area contributed by atoms with E-state index in [1.165, 1.54) is 0 Å². The molecule has 10 heteroatoms. The maximum absolute atomic E-state index is 12.9. The number of methoxy groups -OCH3 is 1. The molecule has 0 aromatic carbocycles. The van der Waals surface area contributed by atoms with Crippen molar-refractivity contribution in [2.24, 2.45) is 0 Å². The lowest BCUT2D eigenvalue weighted by Gasteiger charge is -2.24. The van der Waals surface area contributed by atoms with Crippen molar-refractivity contribution >= 4 is 28.7 Å². The van der Waals surface area contributed by atoms with Crippen molar-refractivity contribution in [2.75, 3.05) is 52.4 Å². The van der Waals surface area contributed by atoms with Gasteiger partial charge >= 0.3 is 0 Å². The molecule has 0 saturated carbocycles. The number of anilines is 2. The zero-order valence-corrected chi connectivity index (χ0v) is 20.1. The predicted molar refractivity (Wildman–Crippen MR) is 128 cm³/mol. The van der Waals surface area contributed by atoms with Gasteiger partial charge in [0.1, 0.15) is 16.8 Å². The Morgan fingerprint density at radius 1 is 1.31 bits per heavy atom. The molecule has 2 aromatic rings. The molecule has 0 unspecified atom stereocenters. The first-order valence-corrected chi connectivity index (χ1v) is 10.9. The number of likely N-dealkylation sites (N-methyl/N-ethyl adjacent to an activating group) is 1. The van der Waals surface area contributed by atoms with Gasteiger partial charge in [0, 0.05) is 26.6 Å². The van der Waals surface area contributed by atoms with Crippen molar-refractivity contribution in [3.05, 3.63) is 29.8 Å². The molecule has 0 saturated heterocycles. The summed E-state index contributed by atoms with van der Waals surface area (Å²) in [6.07, 6.45) is 7.83. The second-order valence-corrected chi connectivity index (χ2v) is 7.77. The normalized spacial score (nSPS) is 12.5. The lowest BCUT2D eigenvalue weighted by Crippen LogP contribution is -2.32. The zero-order chi connectivity index (χ0) is 23.7. The van der Waals surface area contributed by atoms with Crippen molar-refractivity contribution in [1.82, 2.24) is 29.5 Å². The van der Waals surface area contributed by atoms with Crippen molar-refractivity contribution in [3.63, 3.8) is 0 Å². The van der Waals surface area contributed by atoms with Gasteiger partial charge in [0.2, 0.25) is 11.9 Å². The number of carbonyl (C=O) groups is 1. The number of nitrogen functional groups attached to an aromatic ring is 1. The van der Waals surface area contributed by atoms with E-state index in [0.29, 0.717) is 42.3 Å². The van der Waals surface area contributed by atoms with Crippen LogP contribution >= 0.6 is 0 Å². The van der Waals surface area contributed by atoms with Crippen LogP contribution in [0, 0.1) is 0 Å². The second kappa shape index (κ2) is 12.0. The summed E-state index contributed by atoms with van der Waals surface area (Å²) >= 11 is 0. The van der Waals surface area contributed by atoms with Crippen LogP contribution in [0.15, 0.2) is 29.8 Å². The number of hydrogen-bond donors (Lipinski definition) is 2. The quantitative estimate of drug-likeness (QED) is 0.291. The van der Waals surface area contributed by atoms with Crippen LogP contribution in [-0.4, -0.2) is 76.8 Å². The maximum Gasteiger partial charge on any atom is 0.227 e. The van der Waals surface area contributed by atoms with Gasteiger partial charge in [-0.3, -0.25) is 9.48 Å². The number of allylic oxidation sites excluding steroid dienone is 3. The van der Waals surface area contributed by atoms with E-state index in [4.69, 9.17) is 10.5 Å². The first-order chi connectivity index (χ1) is 15.3. The average molecular weight is 445 g/mol. The molecule has 0 spiro atoms. The number of nitrogens with one attached hydrogen (secondary N) is 1. The number of hydrogen-bond acceptors (Lipinski definition) is 8. The summed E-state index contributed by atoms with van der Waals surface area (Å²) in [6.45, 7) is 5.76. The minimum Gasteiger partial charge on any atom is -0.495 e. The fourth-order valence-electron chi connectivity index (χ4n) is 3.21. The number of unbranched alkanes of at least 4 members (excludes halogenated alkanes) is 1. The van der Waals surface area contributed by atoms with Gasteiger partial charge in [-0.1, -0.05) is 19.4 Å². The molecule has 2 aromatic heterocycles. The Bertz CT molecular complexity index is 964. The van der Waals surface area contributed by atoms with Gasteiger partial charge in [0.25, 0.3) is 0 Å². The Morgan fingerprint density at radius 3 is 2.69 bits per heavy atom. The molecule has 0 fully saturated rings. The van der Waals surface area contributed by atoms with Gasteiger partial charge in [-0.2, -0.15) is 10.1 Å². The molecule has 0 aliphatic rings. The third kappa shape index (κ3) is 6.43. The summed E-state index contributed by atoms with van der Waals surface area (Å²) in [5.74, 6) is 1.40. The molecule has 10 nitrogen and oxygen atoms in total. The minimum absolute atomic E-state index is 0.00833. The average Bonchev–Trinajstić information content (AvgIpc) is 3.16. The van der Waals surface area contributed by atoms with Gasteiger partial charge < -0.3 is 25.6 Å². The number of carbonyl (C=O) groups excluding carboxylic acids is 1. The molecule has 1 amide bonds. The number of amides is 1. The topological polar surface area (TPSA) is 114 Å². The van der Waals surface area contributed by atoms with Gasteiger partial charge in [0.15, 0.2) is 5.82 Å².